The fraction of sp³-hybridized carbons (Fsp3) is 0.364. The van der Waals surface area contributed by atoms with Crippen LogP contribution in [0.25, 0.3) is 0 Å². The highest BCUT2D eigenvalue weighted by atomic mass is 32.2. The standard InChI is InChI=1S/C11H14FN3O3S/c1-19-3-2-10(13)11(16)14-8-4-7(12)5-9(6-8)15(17)18/h4-6,10H,2-3,13H2,1H3,(H,14,16)/t10-/m1/s1. The van der Waals surface area contributed by atoms with Crippen molar-refractivity contribution < 1.29 is 14.1 Å². The molecule has 6 nitrogen and oxygen atoms in total. The first-order valence-electron chi connectivity index (χ1n) is 5.44. The summed E-state index contributed by atoms with van der Waals surface area (Å²) in [6.45, 7) is 0. The van der Waals surface area contributed by atoms with Gasteiger partial charge in [-0.1, -0.05) is 0 Å². The van der Waals surface area contributed by atoms with Crippen LogP contribution in [0.4, 0.5) is 15.8 Å². The Morgan fingerprint density at radius 2 is 2.26 bits per heavy atom. The van der Waals surface area contributed by atoms with E-state index in [1.807, 2.05) is 6.26 Å². The number of thioether (sulfide) groups is 1. The van der Waals surface area contributed by atoms with Gasteiger partial charge in [0.05, 0.1) is 22.7 Å². The van der Waals surface area contributed by atoms with Gasteiger partial charge in [0.1, 0.15) is 5.82 Å². The van der Waals surface area contributed by atoms with Crippen molar-refractivity contribution in [2.45, 2.75) is 12.5 Å². The summed E-state index contributed by atoms with van der Waals surface area (Å²) in [7, 11) is 0. The molecule has 1 aromatic carbocycles. The SMILES string of the molecule is CSCC[C@@H](N)C(=O)Nc1cc(F)cc([N+](=O)[O-])c1. The molecule has 0 aliphatic heterocycles. The van der Waals surface area contributed by atoms with Crippen LogP contribution in [0.1, 0.15) is 6.42 Å². The van der Waals surface area contributed by atoms with Crippen LogP contribution in [-0.2, 0) is 4.79 Å². The second kappa shape index (κ2) is 7.05. The van der Waals surface area contributed by atoms with Gasteiger partial charge in [0.25, 0.3) is 5.69 Å². The molecule has 0 aromatic heterocycles. The summed E-state index contributed by atoms with van der Waals surface area (Å²) in [6.07, 6.45) is 2.37. The summed E-state index contributed by atoms with van der Waals surface area (Å²) < 4.78 is 13.2. The largest absolute Gasteiger partial charge is 0.324 e. The molecule has 0 spiro atoms. The lowest BCUT2D eigenvalue weighted by molar-refractivity contribution is -0.385. The third-order valence-corrected chi connectivity index (χ3v) is 2.97. The van der Waals surface area contributed by atoms with Crippen molar-refractivity contribution >= 4 is 29.0 Å². The van der Waals surface area contributed by atoms with Crippen LogP contribution in [0.15, 0.2) is 18.2 Å². The van der Waals surface area contributed by atoms with E-state index in [4.69, 9.17) is 5.73 Å². The molecule has 104 valence electrons. The van der Waals surface area contributed by atoms with Crippen LogP contribution in [-0.4, -0.2) is 28.9 Å². The van der Waals surface area contributed by atoms with Crippen LogP contribution in [0.3, 0.4) is 0 Å². The molecule has 1 atom stereocenters. The minimum atomic E-state index is -0.790. The minimum Gasteiger partial charge on any atom is -0.324 e. The molecule has 8 heteroatoms. The summed E-state index contributed by atoms with van der Waals surface area (Å²) in [4.78, 5) is 21.5. The average molecular weight is 287 g/mol. The maximum atomic E-state index is 13.2. The molecular weight excluding hydrogens is 273 g/mol. The predicted octanol–water partition coefficient (Wildman–Crippen LogP) is 1.75. The number of nitrogens with one attached hydrogen (secondary N) is 1. The Labute approximate surface area is 113 Å². The van der Waals surface area contributed by atoms with Gasteiger partial charge < -0.3 is 11.1 Å². The number of benzene rings is 1. The average Bonchev–Trinajstić information content (AvgIpc) is 2.34. The zero-order valence-corrected chi connectivity index (χ0v) is 11.1. The molecule has 0 fully saturated rings. The van der Waals surface area contributed by atoms with Crippen LogP contribution < -0.4 is 11.1 Å². The van der Waals surface area contributed by atoms with Crippen molar-refractivity contribution in [3.8, 4) is 0 Å². The first-order valence-corrected chi connectivity index (χ1v) is 6.83. The summed E-state index contributed by atoms with van der Waals surface area (Å²) in [5.74, 6) is -0.561. The molecule has 0 aliphatic carbocycles. The molecule has 0 radical (unpaired) electrons. The van der Waals surface area contributed by atoms with E-state index in [1.54, 1.807) is 11.8 Å². The van der Waals surface area contributed by atoms with Gasteiger partial charge in [0.15, 0.2) is 0 Å². The van der Waals surface area contributed by atoms with E-state index < -0.39 is 28.4 Å². The molecule has 0 heterocycles. The second-order valence-corrected chi connectivity index (χ2v) is 4.82. The Bertz CT molecular complexity index is 484. The highest BCUT2D eigenvalue weighted by molar-refractivity contribution is 7.98. The van der Waals surface area contributed by atoms with Crippen LogP contribution in [0.2, 0.25) is 0 Å². The van der Waals surface area contributed by atoms with Crippen molar-refractivity contribution in [2.75, 3.05) is 17.3 Å². The first kappa shape index (κ1) is 15.4. The number of halogens is 1. The smallest absolute Gasteiger partial charge is 0.274 e. The number of carbonyl (C=O) groups excluding carboxylic acids is 1. The number of hydrogen-bond acceptors (Lipinski definition) is 5. The van der Waals surface area contributed by atoms with Gasteiger partial charge in [-0.15, -0.1) is 0 Å². The van der Waals surface area contributed by atoms with Gasteiger partial charge >= 0.3 is 0 Å². The lowest BCUT2D eigenvalue weighted by atomic mass is 10.2. The Balaban J connectivity index is 2.76. The molecule has 0 saturated carbocycles. The van der Waals surface area contributed by atoms with E-state index >= 15 is 0 Å². The zero-order valence-electron chi connectivity index (χ0n) is 10.3. The number of nitrogens with zero attached hydrogens (tertiary/aromatic N) is 1. The van der Waals surface area contributed by atoms with Crippen LogP contribution in [0, 0.1) is 15.9 Å². The number of nitro benzene ring substituents is 1. The number of nitrogens with two attached hydrogens (primary N) is 1. The van der Waals surface area contributed by atoms with Crippen molar-refractivity contribution in [3.05, 3.63) is 34.1 Å². The Morgan fingerprint density at radius 1 is 1.58 bits per heavy atom. The lowest BCUT2D eigenvalue weighted by Crippen LogP contribution is -2.36. The number of non-ortho nitro benzene ring substituents is 1. The molecule has 19 heavy (non-hydrogen) atoms. The fourth-order valence-corrected chi connectivity index (χ4v) is 1.85. The molecule has 0 unspecified atom stereocenters. The zero-order chi connectivity index (χ0) is 14.4. The summed E-state index contributed by atoms with van der Waals surface area (Å²) in [6, 6.07) is 2.15. The third kappa shape index (κ3) is 4.84. The van der Waals surface area contributed by atoms with Crippen molar-refractivity contribution in [1.82, 2.24) is 0 Å². The van der Waals surface area contributed by atoms with Crippen LogP contribution >= 0.6 is 11.8 Å². The molecule has 1 aromatic rings. The Morgan fingerprint density at radius 3 is 2.84 bits per heavy atom. The van der Waals surface area contributed by atoms with Crippen molar-refractivity contribution in [3.63, 3.8) is 0 Å². The number of nitro groups is 1. The maximum Gasteiger partial charge on any atom is 0.274 e. The highest BCUT2D eigenvalue weighted by Crippen LogP contribution is 2.20. The van der Waals surface area contributed by atoms with Gasteiger partial charge in [0, 0.05) is 6.07 Å². The van der Waals surface area contributed by atoms with Crippen molar-refractivity contribution in [1.29, 1.82) is 0 Å². The number of carbonyl (C=O) groups is 1. The Kier molecular flexibility index (Phi) is 5.71. The molecule has 0 saturated heterocycles. The second-order valence-electron chi connectivity index (χ2n) is 3.83. The fourth-order valence-electron chi connectivity index (χ4n) is 1.36. The van der Waals surface area contributed by atoms with Gasteiger partial charge in [0.2, 0.25) is 5.91 Å². The summed E-state index contributed by atoms with van der Waals surface area (Å²) in [5.41, 5.74) is 5.24. The van der Waals surface area contributed by atoms with E-state index in [2.05, 4.69) is 5.32 Å². The van der Waals surface area contributed by atoms with E-state index in [1.165, 1.54) is 0 Å². The quantitative estimate of drug-likeness (QED) is 0.613. The van der Waals surface area contributed by atoms with Gasteiger partial charge in [-0.2, -0.15) is 11.8 Å². The number of anilines is 1. The first-order chi connectivity index (χ1) is 8.93. The van der Waals surface area contributed by atoms with Gasteiger partial charge in [-0.05, 0) is 24.5 Å². The van der Waals surface area contributed by atoms with E-state index in [-0.39, 0.29) is 5.69 Å². The summed E-state index contributed by atoms with van der Waals surface area (Å²) in [5, 5.41) is 12.9. The van der Waals surface area contributed by atoms with E-state index in [0.29, 0.717) is 6.42 Å². The van der Waals surface area contributed by atoms with E-state index in [0.717, 1.165) is 24.0 Å². The normalized spacial score (nSPS) is 11.9. The van der Waals surface area contributed by atoms with Crippen molar-refractivity contribution in [2.24, 2.45) is 5.73 Å². The van der Waals surface area contributed by atoms with Gasteiger partial charge in [-0.3, -0.25) is 14.9 Å². The molecule has 1 amide bonds. The third-order valence-electron chi connectivity index (χ3n) is 2.33. The molecule has 0 bridgehead atoms. The maximum absolute atomic E-state index is 13.2. The lowest BCUT2D eigenvalue weighted by Gasteiger charge is -2.11. The topological polar surface area (TPSA) is 98.3 Å². The monoisotopic (exact) mass is 287 g/mol. The van der Waals surface area contributed by atoms with Crippen LogP contribution in [0.5, 0.6) is 0 Å². The minimum absolute atomic E-state index is 0.0244. The molecule has 3 N–H and O–H groups in total. The molecular formula is C11H14FN3O3S. The summed E-state index contributed by atoms with van der Waals surface area (Å²) >= 11 is 1.55. The van der Waals surface area contributed by atoms with E-state index in [9.17, 15) is 19.3 Å². The predicted molar refractivity (Wildman–Crippen MR) is 72.7 cm³/mol. The molecule has 1 rings (SSSR count). The number of rotatable bonds is 6. The molecule has 0 aliphatic rings. The van der Waals surface area contributed by atoms with Gasteiger partial charge in [-0.25, -0.2) is 4.39 Å². The number of hydrogen-bond donors (Lipinski definition) is 2. The number of amides is 1. The highest BCUT2D eigenvalue weighted by Gasteiger charge is 2.16. The Hall–Kier alpha value is -1.67.